The van der Waals surface area contributed by atoms with E-state index in [2.05, 4.69) is 25.8 Å². The molecule has 0 saturated heterocycles. The van der Waals surface area contributed by atoms with Gasteiger partial charge < -0.3 is 10.5 Å². The lowest BCUT2D eigenvalue weighted by molar-refractivity contribution is 0.0585. The molecule has 5 nitrogen and oxygen atoms in total. The van der Waals surface area contributed by atoms with Crippen LogP contribution in [-0.2, 0) is 11.3 Å². The smallest absolute Gasteiger partial charge is 0.357 e. The molecule has 1 heterocycles. The Morgan fingerprint density at radius 3 is 2.85 bits per heavy atom. The average molecular weight is 248 g/mol. The number of carbonyl (C=O) groups is 1. The van der Waals surface area contributed by atoms with Crippen LogP contribution in [0.4, 0.5) is 5.82 Å². The van der Waals surface area contributed by atoms with Gasteiger partial charge in [0, 0.05) is 6.54 Å². The number of hydrogen-bond acceptors (Lipinski definition) is 4. The Kier molecular flexibility index (Phi) is 2.92. The molecular weight excluding hydrogens is 238 g/mol. The minimum Gasteiger partial charge on any atom is -0.464 e. The number of carbonyl (C=O) groups excluding carboxylic acids is 1. The molecule has 0 spiro atoms. The number of aromatic nitrogens is 2. The van der Waals surface area contributed by atoms with Crippen molar-refractivity contribution < 1.29 is 9.53 Å². The zero-order chi connectivity index (χ0) is 10.0. The van der Waals surface area contributed by atoms with Crippen molar-refractivity contribution in [3.63, 3.8) is 0 Å². The Morgan fingerprint density at radius 2 is 2.38 bits per heavy atom. The highest BCUT2D eigenvalue weighted by atomic mass is 79.9. The summed E-state index contributed by atoms with van der Waals surface area (Å²) in [5.41, 5.74) is 5.87. The number of nitrogen functional groups attached to an aromatic ring is 1. The van der Waals surface area contributed by atoms with Crippen LogP contribution < -0.4 is 5.73 Å². The normalized spacial score (nSPS) is 10.1. The van der Waals surface area contributed by atoms with Crippen molar-refractivity contribution in [2.75, 3.05) is 12.8 Å². The fourth-order valence-electron chi connectivity index (χ4n) is 0.979. The number of rotatable bonds is 2. The Balaban J connectivity index is 3.23. The predicted octanol–water partition coefficient (Wildman–Crippen LogP) is 1.03. The average Bonchev–Trinajstić information content (AvgIpc) is 2.42. The molecule has 1 aromatic rings. The van der Waals surface area contributed by atoms with Crippen molar-refractivity contribution in [1.29, 1.82) is 0 Å². The molecule has 0 aliphatic heterocycles. The Bertz CT molecular complexity index is 335. The highest BCUT2D eigenvalue weighted by Gasteiger charge is 2.20. The van der Waals surface area contributed by atoms with Gasteiger partial charge in [0.15, 0.2) is 11.5 Å². The molecule has 0 unspecified atom stereocenters. The van der Waals surface area contributed by atoms with E-state index in [1.807, 2.05) is 6.92 Å². The van der Waals surface area contributed by atoms with Crippen molar-refractivity contribution in [2.45, 2.75) is 13.5 Å². The van der Waals surface area contributed by atoms with E-state index < -0.39 is 5.97 Å². The van der Waals surface area contributed by atoms with Gasteiger partial charge in [-0.3, -0.25) is 4.68 Å². The molecule has 13 heavy (non-hydrogen) atoms. The molecule has 0 atom stereocenters. The third-order valence-electron chi connectivity index (χ3n) is 1.60. The van der Waals surface area contributed by atoms with Crippen LogP contribution >= 0.6 is 15.9 Å². The first-order chi connectivity index (χ1) is 6.11. The van der Waals surface area contributed by atoms with Crippen molar-refractivity contribution in [3.05, 3.63) is 10.2 Å². The van der Waals surface area contributed by atoms with Gasteiger partial charge in [-0.2, -0.15) is 5.10 Å². The van der Waals surface area contributed by atoms with Gasteiger partial charge in [-0.25, -0.2) is 4.79 Å². The van der Waals surface area contributed by atoms with E-state index in [-0.39, 0.29) is 0 Å². The number of ether oxygens (including phenoxy) is 1. The van der Waals surface area contributed by atoms with Gasteiger partial charge in [-0.1, -0.05) is 0 Å². The maximum atomic E-state index is 11.3. The molecule has 0 saturated carbocycles. The summed E-state index contributed by atoms with van der Waals surface area (Å²) < 4.78 is 6.57. The highest BCUT2D eigenvalue weighted by Crippen LogP contribution is 2.23. The molecule has 0 amide bonds. The van der Waals surface area contributed by atoms with Gasteiger partial charge >= 0.3 is 5.97 Å². The summed E-state index contributed by atoms with van der Waals surface area (Å²) in [5.74, 6) is -0.153. The standard InChI is InChI=1S/C7H10BrN3O2/c1-3-11-5(7(12)13-2)4(8)6(9)10-11/h3H2,1-2H3,(H2,9,10). The van der Waals surface area contributed by atoms with Crippen molar-refractivity contribution in [2.24, 2.45) is 0 Å². The maximum absolute atomic E-state index is 11.3. The molecule has 0 aromatic carbocycles. The van der Waals surface area contributed by atoms with Crippen LogP contribution in [0.5, 0.6) is 0 Å². The van der Waals surface area contributed by atoms with Crippen LogP contribution in [0.1, 0.15) is 17.4 Å². The zero-order valence-electron chi connectivity index (χ0n) is 7.37. The molecule has 0 aliphatic carbocycles. The van der Waals surface area contributed by atoms with Crippen LogP contribution in [-0.4, -0.2) is 22.9 Å². The summed E-state index contributed by atoms with van der Waals surface area (Å²) in [7, 11) is 1.32. The van der Waals surface area contributed by atoms with Gasteiger partial charge in [0.05, 0.1) is 11.6 Å². The van der Waals surface area contributed by atoms with Gasteiger partial charge in [0.2, 0.25) is 0 Å². The number of nitrogens with zero attached hydrogens (tertiary/aromatic N) is 2. The van der Waals surface area contributed by atoms with Crippen LogP contribution in [0.3, 0.4) is 0 Å². The molecule has 1 rings (SSSR count). The number of halogens is 1. The lowest BCUT2D eigenvalue weighted by Gasteiger charge is -2.01. The summed E-state index contributed by atoms with van der Waals surface area (Å²) in [4.78, 5) is 11.3. The summed E-state index contributed by atoms with van der Waals surface area (Å²) in [6.07, 6.45) is 0. The molecule has 72 valence electrons. The summed E-state index contributed by atoms with van der Waals surface area (Å²) in [5, 5.41) is 3.94. The van der Waals surface area contributed by atoms with Gasteiger partial charge in [0.1, 0.15) is 0 Å². The second-order valence-corrected chi connectivity index (χ2v) is 3.15. The van der Waals surface area contributed by atoms with E-state index in [1.54, 1.807) is 0 Å². The summed E-state index contributed by atoms with van der Waals surface area (Å²) in [6.45, 7) is 2.44. The number of esters is 1. The van der Waals surface area contributed by atoms with Crippen molar-refractivity contribution in [3.8, 4) is 0 Å². The third kappa shape index (κ3) is 1.67. The molecule has 2 N–H and O–H groups in total. The van der Waals surface area contributed by atoms with Gasteiger partial charge in [-0.05, 0) is 22.9 Å². The number of methoxy groups -OCH3 is 1. The largest absolute Gasteiger partial charge is 0.464 e. The van der Waals surface area contributed by atoms with E-state index in [9.17, 15) is 4.79 Å². The number of aryl methyl sites for hydroxylation is 1. The minimum absolute atomic E-state index is 0.294. The van der Waals surface area contributed by atoms with Crippen LogP contribution in [0.25, 0.3) is 0 Å². The first-order valence-electron chi connectivity index (χ1n) is 3.71. The van der Waals surface area contributed by atoms with Gasteiger partial charge in [0.25, 0.3) is 0 Å². The first-order valence-corrected chi connectivity index (χ1v) is 4.51. The molecule has 1 aromatic heterocycles. The Morgan fingerprint density at radius 1 is 1.77 bits per heavy atom. The quantitative estimate of drug-likeness (QED) is 0.793. The summed E-state index contributed by atoms with van der Waals surface area (Å²) in [6, 6.07) is 0. The summed E-state index contributed by atoms with van der Waals surface area (Å²) >= 11 is 3.17. The van der Waals surface area contributed by atoms with Crippen molar-refractivity contribution in [1.82, 2.24) is 9.78 Å². The van der Waals surface area contributed by atoms with E-state index in [4.69, 9.17) is 5.73 Å². The molecule has 0 fully saturated rings. The second kappa shape index (κ2) is 3.78. The van der Waals surface area contributed by atoms with Crippen molar-refractivity contribution >= 4 is 27.7 Å². The maximum Gasteiger partial charge on any atom is 0.357 e. The Hall–Kier alpha value is -1.04. The fraction of sp³-hybridized carbons (Fsp3) is 0.429. The molecule has 0 bridgehead atoms. The van der Waals surface area contributed by atoms with Crippen LogP contribution in [0.15, 0.2) is 4.47 Å². The highest BCUT2D eigenvalue weighted by molar-refractivity contribution is 9.10. The zero-order valence-corrected chi connectivity index (χ0v) is 8.96. The predicted molar refractivity (Wildman–Crippen MR) is 51.4 cm³/mol. The molecule has 6 heteroatoms. The van der Waals surface area contributed by atoms with E-state index >= 15 is 0 Å². The van der Waals surface area contributed by atoms with E-state index in [0.717, 1.165) is 0 Å². The van der Waals surface area contributed by atoms with E-state index in [1.165, 1.54) is 11.8 Å². The second-order valence-electron chi connectivity index (χ2n) is 2.36. The monoisotopic (exact) mass is 247 g/mol. The molecule has 0 radical (unpaired) electrons. The van der Waals surface area contributed by atoms with Crippen LogP contribution in [0.2, 0.25) is 0 Å². The lowest BCUT2D eigenvalue weighted by atomic mass is 10.4. The van der Waals surface area contributed by atoms with Crippen LogP contribution in [0, 0.1) is 0 Å². The lowest BCUT2D eigenvalue weighted by Crippen LogP contribution is -2.11. The molecular formula is C7H10BrN3O2. The Labute approximate surface area is 84.0 Å². The SMILES string of the molecule is CCn1nc(N)c(Br)c1C(=O)OC. The fourth-order valence-corrected chi connectivity index (χ4v) is 1.42. The third-order valence-corrected chi connectivity index (χ3v) is 2.38. The number of hydrogen-bond donors (Lipinski definition) is 1. The van der Waals surface area contributed by atoms with Gasteiger partial charge in [-0.15, -0.1) is 0 Å². The molecule has 0 aliphatic rings. The minimum atomic E-state index is -0.446. The van der Waals surface area contributed by atoms with E-state index in [0.29, 0.717) is 22.5 Å². The topological polar surface area (TPSA) is 70.1 Å². The number of nitrogens with two attached hydrogens (primary N) is 1. The first kappa shape index (κ1) is 10.0. The number of anilines is 1.